The maximum atomic E-state index is 13.3. The second-order valence-corrected chi connectivity index (χ2v) is 9.78. The minimum absolute atomic E-state index is 0.109. The number of hydrogen-bond acceptors (Lipinski definition) is 5. The molecule has 1 aliphatic rings. The van der Waals surface area contributed by atoms with Crippen LogP contribution < -0.4 is 19.7 Å². The summed E-state index contributed by atoms with van der Waals surface area (Å²) < 4.78 is 90.6. The first-order valence-corrected chi connectivity index (χ1v) is 12.7. The molecule has 5 nitrogen and oxygen atoms in total. The van der Waals surface area contributed by atoms with Crippen molar-refractivity contribution in [3.8, 4) is 11.5 Å². The highest BCUT2D eigenvalue weighted by molar-refractivity contribution is 5.85. The molecular formula is C28H31F6N3O2. The summed E-state index contributed by atoms with van der Waals surface area (Å²) in [4.78, 5) is 7.14. The second kappa shape index (κ2) is 11.5. The molecule has 1 aliphatic carbocycles. The number of hydrogen-bond donors (Lipinski definition) is 1. The molecule has 1 saturated carbocycles. The van der Waals surface area contributed by atoms with E-state index in [1.807, 2.05) is 6.07 Å². The summed E-state index contributed by atoms with van der Waals surface area (Å²) in [6.45, 7) is 3.66. The van der Waals surface area contributed by atoms with Crippen LogP contribution in [0.4, 0.5) is 32.2 Å². The van der Waals surface area contributed by atoms with Crippen LogP contribution in [0.5, 0.6) is 11.5 Å². The van der Waals surface area contributed by atoms with Crippen LogP contribution >= 0.6 is 0 Å². The van der Waals surface area contributed by atoms with Gasteiger partial charge in [0.2, 0.25) is 0 Å². The normalized spacial score (nSPS) is 14.1. The maximum absolute atomic E-state index is 13.3. The number of pyridine rings is 1. The van der Waals surface area contributed by atoms with Crippen molar-refractivity contribution < 1.29 is 35.8 Å². The average Bonchev–Trinajstić information content (AvgIpc) is 3.70. The predicted octanol–water partition coefficient (Wildman–Crippen LogP) is 7.21. The predicted molar refractivity (Wildman–Crippen MR) is 137 cm³/mol. The summed E-state index contributed by atoms with van der Waals surface area (Å²) in [6, 6.07) is 7.14. The average molecular weight is 556 g/mol. The van der Waals surface area contributed by atoms with Gasteiger partial charge in [-0.1, -0.05) is 6.92 Å². The highest BCUT2D eigenvalue weighted by Crippen LogP contribution is 2.38. The summed E-state index contributed by atoms with van der Waals surface area (Å²) in [6.07, 6.45) is -6.62. The van der Waals surface area contributed by atoms with Crippen LogP contribution in [0.3, 0.4) is 0 Å². The quantitative estimate of drug-likeness (QED) is 0.254. The van der Waals surface area contributed by atoms with Crippen molar-refractivity contribution >= 4 is 16.7 Å². The molecule has 1 fully saturated rings. The first-order chi connectivity index (χ1) is 18.4. The van der Waals surface area contributed by atoms with Crippen molar-refractivity contribution in [2.24, 2.45) is 5.92 Å². The van der Waals surface area contributed by atoms with Crippen molar-refractivity contribution in [2.75, 3.05) is 32.2 Å². The maximum Gasteiger partial charge on any atom is 0.416 e. The van der Waals surface area contributed by atoms with E-state index in [4.69, 9.17) is 14.5 Å². The zero-order valence-electron chi connectivity index (χ0n) is 22.0. The third-order valence-electron chi connectivity index (χ3n) is 6.64. The van der Waals surface area contributed by atoms with Crippen molar-refractivity contribution in [3.63, 3.8) is 0 Å². The van der Waals surface area contributed by atoms with Gasteiger partial charge in [-0.2, -0.15) is 26.3 Å². The van der Waals surface area contributed by atoms with Crippen LogP contribution in [0, 0.1) is 5.92 Å². The third kappa shape index (κ3) is 7.06. The van der Waals surface area contributed by atoms with Crippen molar-refractivity contribution in [2.45, 2.75) is 51.6 Å². The Balaban J connectivity index is 1.67. The van der Waals surface area contributed by atoms with Gasteiger partial charge in [0.05, 0.1) is 30.9 Å². The number of rotatable bonds is 11. The SMILES string of the molecule is CCCN(CC1CC1)c1nc2cc(OC)c(OC)cc2cc1CNCc1cc(C(F)(F)F)cc(C(F)(F)F)c1. The van der Waals surface area contributed by atoms with Gasteiger partial charge in [0.15, 0.2) is 11.5 Å². The minimum Gasteiger partial charge on any atom is -0.493 e. The van der Waals surface area contributed by atoms with Crippen LogP contribution in [0.1, 0.15) is 48.4 Å². The van der Waals surface area contributed by atoms with E-state index in [1.165, 1.54) is 14.2 Å². The Morgan fingerprint density at radius 3 is 2.03 bits per heavy atom. The Bertz CT molecular complexity index is 1270. The highest BCUT2D eigenvalue weighted by Gasteiger charge is 2.36. The lowest BCUT2D eigenvalue weighted by Gasteiger charge is -2.26. The molecule has 0 saturated heterocycles. The Morgan fingerprint density at radius 2 is 1.49 bits per heavy atom. The third-order valence-corrected chi connectivity index (χ3v) is 6.64. The smallest absolute Gasteiger partial charge is 0.416 e. The molecule has 0 atom stereocenters. The van der Waals surface area contributed by atoms with Crippen LogP contribution in [0.15, 0.2) is 36.4 Å². The highest BCUT2D eigenvalue weighted by atomic mass is 19.4. The van der Waals surface area contributed by atoms with Gasteiger partial charge in [0.1, 0.15) is 5.82 Å². The van der Waals surface area contributed by atoms with Gasteiger partial charge in [0, 0.05) is 43.2 Å². The van der Waals surface area contributed by atoms with Gasteiger partial charge in [-0.05, 0) is 61.1 Å². The van der Waals surface area contributed by atoms with Crippen LogP contribution in [0.2, 0.25) is 0 Å². The molecule has 0 radical (unpaired) electrons. The molecule has 0 amide bonds. The van der Waals surface area contributed by atoms with E-state index in [0.717, 1.165) is 61.3 Å². The van der Waals surface area contributed by atoms with Gasteiger partial charge in [-0.25, -0.2) is 4.98 Å². The van der Waals surface area contributed by atoms with Crippen molar-refractivity contribution in [3.05, 3.63) is 58.7 Å². The number of nitrogens with one attached hydrogen (secondary N) is 1. The van der Waals surface area contributed by atoms with E-state index in [-0.39, 0.29) is 24.7 Å². The van der Waals surface area contributed by atoms with Gasteiger partial charge >= 0.3 is 12.4 Å². The van der Waals surface area contributed by atoms with Crippen LogP contribution in [0.25, 0.3) is 10.9 Å². The summed E-state index contributed by atoms with van der Waals surface area (Å²) in [5.74, 6) is 2.36. The molecule has 39 heavy (non-hydrogen) atoms. The van der Waals surface area contributed by atoms with E-state index in [9.17, 15) is 26.3 Å². The fourth-order valence-corrected chi connectivity index (χ4v) is 4.57. The van der Waals surface area contributed by atoms with Crippen molar-refractivity contribution in [1.29, 1.82) is 0 Å². The molecular weight excluding hydrogens is 524 g/mol. The van der Waals surface area contributed by atoms with Gasteiger partial charge < -0.3 is 19.7 Å². The molecule has 3 aromatic rings. The minimum atomic E-state index is -4.89. The standard InChI is InChI=1S/C28H31F6N3O2/c1-4-7-37(16-17-5-6-17)26-20(10-19-11-24(38-2)25(39-3)13-23(19)36-26)15-35-14-18-8-21(27(29,30)31)12-22(9-18)28(32,33)34/h8-13,17,35H,4-7,14-16H2,1-3H3. The van der Waals surface area contributed by atoms with Crippen LogP contribution in [-0.2, 0) is 25.4 Å². The lowest BCUT2D eigenvalue weighted by atomic mass is 10.0. The zero-order valence-corrected chi connectivity index (χ0v) is 22.0. The number of halogens is 6. The second-order valence-electron chi connectivity index (χ2n) is 9.78. The summed E-state index contributed by atoms with van der Waals surface area (Å²) in [5.41, 5.74) is -1.30. The molecule has 212 valence electrons. The summed E-state index contributed by atoms with van der Waals surface area (Å²) >= 11 is 0. The molecule has 2 aromatic carbocycles. The Kier molecular flexibility index (Phi) is 8.48. The Labute approximate surface area is 223 Å². The van der Waals surface area contributed by atoms with E-state index in [0.29, 0.717) is 22.9 Å². The first-order valence-electron chi connectivity index (χ1n) is 12.7. The zero-order chi connectivity index (χ0) is 28.4. The largest absolute Gasteiger partial charge is 0.493 e. The number of anilines is 1. The fourth-order valence-electron chi connectivity index (χ4n) is 4.57. The van der Waals surface area contributed by atoms with E-state index in [1.54, 1.807) is 12.1 Å². The van der Waals surface area contributed by atoms with Gasteiger partial charge in [-0.15, -0.1) is 0 Å². The number of benzene rings is 2. The number of methoxy groups -OCH3 is 2. The van der Waals surface area contributed by atoms with Crippen LogP contribution in [-0.4, -0.2) is 32.3 Å². The summed E-state index contributed by atoms with van der Waals surface area (Å²) in [7, 11) is 3.06. The number of alkyl halides is 6. The first kappa shape index (κ1) is 28.8. The Hall–Kier alpha value is -3.21. The van der Waals surface area contributed by atoms with Gasteiger partial charge in [0.25, 0.3) is 0 Å². The molecule has 11 heteroatoms. The topological polar surface area (TPSA) is 46.6 Å². The van der Waals surface area contributed by atoms with E-state index in [2.05, 4.69) is 17.1 Å². The van der Waals surface area contributed by atoms with Gasteiger partial charge in [-0.3, -0.25) is 0 Å². The molecule has 0 bridgehead atoms. The van der Waals surface area contributed by atoms with Crippen molar-refractivity contribution in [1.82, 2.24) is 10.3 Å². The lowest BCUT2D eigenvalue weighted by molar-refractivity contribution is -0.143. The van der Waals surface area contributed by atoms with E-state index >= 15 is 0 Å². The molecule has 0 unspecified atom stereocenters. The molecule has 1 aromatic heterocycles. The lowest BCUT2D eigenvalue weighted by Crippen LogP contribution is -2.29. The molecule has 0 spiro atoms. The number of aromatic nitrogens is 1. The Morgan fingerprint density at radius 1 is 0.872 bits per heavy atom. The number of fused-ring (bicyclic) bond motifs is 1. The molecule has 1 heterocycles. The molecule has 4 rings (SSSR count). The molecule has 1 N–H and O–H groups in total. The monoisotopic (exact) mass is 555 g/mol. The molecule has 0 aliphatic heterocycles. The fraction of sp³-hybridized carbons (Fsp3) is 0.464. The number of nitrogens with zero attached hydrogens (tertiary/aromatic N) is 2. The summed E-state index contributed by atoms with van der Waals surface area (Å²) in [5, 5.41) is 3.81. The van der Waals surface area contributed by atoms with E-state index < -0.39 is 23.5 Å². The number of ether oxygens (including phenoxy) is 2.